The van der Waals surface area contributed by atoms with Gasteiger partial charge in [0.15, 0.2) is 0 Å². The monoisotopic (exact) mass is 247 g/mol. The van der Waals surface area contributed by atoms with Crippen LogP contribution in [0.4, 0.5) is 4.39 Å². The second kappa shape index (κ2) is 5.83. The Labute approximate surface area is 107 Å². The lowest BCUT2D eigenvalue weighted by atomic mass is 9.98. The molecule has 2 nitrogen and oxygen atoms in total. The van der Waals surface area contributed by atoms with Crippen LogP contribution in [0.2, 0.25) is 0 Å². The molecule has 0 aliphatic heterocycles. The summed E-state index contributed by atoms with van der Waals surface area (Å²) in [5, 5.41) is 0. The molecule has 0 amide bonds. The molecule has 0 aliphatic rings. The Balaban J connectivity index is 1.88. The number of nitrogens with two attached hydrogens (primary N) is 1. The number of hydrogen-bond acceptors (Lipinski definition) is 2. The van der Waals surface area contributed by atoms with Gasteiger partial charge in [0.05, 0.1) is 6.26 Å². The smallest absolute Gasteiger partial charge is 0.123 e. The van der Waals surface area contributed by atoms with Crippen molar-refractivity contribution in [2.24, 2.45) is 5.73 Å². The van der Waals surface area contributed by atoms with Gasteiger partial charge in [-0.15, -0.1) is 0 Å². The Hall–Kier alpha value is -1.61. The van der Waals surface area contributed by atoms with Gasteiger partial charge in [0.25, 0.3) is 0 Å². The molecular formula is C15H18FNO. The highest BCUT2D eigenvalue weighted by molar-refractivity contribution is 5.27. The molecular weight excluding hydrogens is 229 g/mol. The molecule has 2 rings (SSSR count). The maximum absolute atomic E-state index is 13.0. The summed E-state index contributed by atoms with van der Waals surface area (Å²) in [5.41, 5.74) is 8.17. The average molecular weight is 247 g/mol. The van der Waals surface area contributed by atoms with Gasteiger partial charge in [0.1, 0.15) is 11.6 Å². The first-order chi connectivity index (χ1) is 8.65. The van der Waals surface area contributed by atoms with Gasteiger partial charge in [-0.2, -0.15) is 0 Å². The van der Waals surface area contributed by atoms with Gasteiger partial charge >= 0.3 is 0 Å². The molecule has 0 fully saturated rings. The van der Waals surface area contributed by atoms with Gasteiger partial charge in [-0.25, -0.2) is 4.39 Å². The van der Waals surface area contributed by atoms with Crippen molar-refractivity contribution < 1.29 is 8.81 Å². The molecule has 1 aromatic heterocycles. The zero-order chi connectivity index (χ0) is 13.0. The molecule has 0 saturated carbocycles. The van der Waals surface area contributed by atoms with Crippen molar-refractivity contribution in [3.8, 4) is 0 Å². The van der Waals surface area contributed by atoms with Gasteiger partial charge in [0, 0.05) is 12.5 Å². The number of benzene rings is 1. The van der Waals surface area contributed by atoms with Crippen LogP contribution in [0.1, 0.15) is 23.3 Å². The van der Waals surface area contributed by atoms with Crippen molar-refractivity contribution in [3.05, 3.63) is 59.3 Å². The number of aryl methyl sites for hydroxylation is 2. The van der Waals surface area contributed by atoms with Crippen LogP contribution in [0.5, 0.6) is 0 Å². The Kier molecular flexibility index (Phi) is 4.15. The number of rotatable bonds is 5. The van der Waals surface area contributed by atoms with Crippen molar-refractivity contribution >= 4 is 0 Å². The van der Waals surface area contributed by atoms with E-state index in [0.29, 0.717) is 0 Å². The molecule has 0 bridgehead atoms. The highest BCUT2D eigenvalue weighted by atomic mass is 19.1. The molecule has 1 unspecified atom stereocenters. The average Bonchev–Trinajstić information content (AvgIpc) is 2.83. The lowest BCUT2D eigenvalue weighted by Gasteiger charge is -2.12. The third kappa shape index (κ3) is 3.44. The summed E-state index contributed by atoms with van der Waals surface area (Å²) in [4.78, 5) is 0. The quantitative estimate of drug-likeness (QED) is 0.881. The first-order valence-corrected chi connectivity index (χ1v) is 6.18. The van der Waals surface area contributed by atoms with Crippen LogP contribution in [0.3, 0.4) is 0 Å². The molecule has 1 atom stereocenters. The molecule has 2 N–H and O–H groups in total. The molecule has 0 saturated heterocycles. The fraction of sp³-hybridized carbons (Fsp3) is 0.333. The van der Waals surface area contributed by atoms with Crippen LogP contribution in [0, 0.1) is 12.7 Å². The number of furan rings is 1. The van der Waals surface area contributed by atoms with E-state index in [1.165, 1.54) is 6.07 Å². The van der Waals surface area contributed by atoms with Crippen molar-refractivity contribution in [2.45, 2.75) is 32.2 Å². The topological polar surface area (TPSA) is 39.2 Å². The minimum absolute atomic E-state index is 0.0688. The van der Waals surface area contributed by atoms with E-state index in [4.69, 9.17) is 10.2 Å². The summed E-state index contributed by atoms with van der Waals surface area (Å²) in [6.07, 6.45) is 4.15. The van der Waals surface area contributed by atoms with Crippen LogP contribution >= 0.6 is 0 Å². The summed E-state index contributed by atoms with van der Waals surface area (Å²) in [6, 6.07) is 8.76. The van der Waals surface area contributed by atoms with Crippen LogP contribution in [-0.4, -0.2) is 6.04 Å². The molecule has 3 heteroatoms. The van der Waals surface area contributed by atoms with E-state index in [0.717, 1.165) is 36.1 Å². The van der Waals surface area contributed by atoms with Crippen molar-refractivity contribution in [1.82, 2.24) is 0 Å². The Bertz CT molecular complexity index is 493. The maximum atomic E-state index is 13.0. The lowest BCUT2D eigenvalue weighted by molar-refractivity contribution is 0.483. The van der Waals surface area contributed by atoms with E-state index < -0.39 is 0 Å². The summed E-state index contributed by atoms with van der Waals surface area (Å²) >= 11 is 0. The van der Waals surface area contributed by atoms with Crippen molar-refractivity contribution in [2.75, 3.05) is 0 Å². The van der Waals surface area contributed by atoms with Gasteiger partial charge < -0.3 is 10.2 Å². The van der Waals surface area contributed by atoms with Crippen molar-refractivity contribution in [3.63, 3.8) is 0 Å². The predicted octanol–water partition coefficient (Wildman–Crippen LogP) is 3.23. The molecule has 96 valence electrons. The third-order valence-electron chi connectivity index (χ3n) is 3.13. The third-order valence-corrected chi connectivity index (χ3v) is 3.13. The van der Waals surface area contributed by atoms with E-state index in [9.17, 15) is 4.39 Å². The molecule has 18 heavy (non-hydrogen) atoms. The van der Waals surface area contributed by atoms with E-state index in [1.807, 2.05) is 25.1 Å². The summed E-state index contributed by atoms with van der Waals surface area (Å²) in [5.74, 6) is 0.765. The molecule has 0 aliphatic carbocycles. The normalized spacial score (nSPS) is 12.6. The highest BCUT2D eigenvalue weighted by Crippen LogP contribution is 2.14. The van der Waals surface area contributed by atoms with E-state index in [1.54, 1.807) is 12.3 Å². The second-order valence-electron chi connectivity index (χ2n) is 4.65. The standard InChI is InChI=1S/C15H18FNO/c1-11-9-13(16)5-4-12(11)10-14(17)6-7-15-3-2-8-18-15/h2-5,8-9,14H,6-7,10,17H2,1H3. The van der Waals surface area contributed by atoms with Crippen LogP contribution < -0.4 is 5.73 Å². The molecule has 1 aromatic carbocycles. The second-order valence-corrected chi connectivity index (χ2v) is 4.65. The van der Waals surface area contributed by atoms with Gasteiger partial charge in [0.2, 0.25) is 0 Å². The summed E-state index contributed by atoms with van der Waals surface area (Å²) in [6.45, 7) is 1.91. The predicted molar refractivity (Wildman–Crippen MR) is 69.8 cm³/mol. The molecule has 0 radical (unpaired) electrons. The fourth-order valence-electron chi connectivity index (χ4n) is 2.06. The number of hydrogen-bond donors (Lipinski definition) is 1. The molecule has 1 heterocycles. The van der Waals surface area contributed by atoms with Gasteiger partial charge in [-0.05, 0) is 55.2 Å². The highest BCUT2D eigenvalue weighted by Gasteiger charge is 2.08. The number of halogens is 1. The van der Waals surface area contributed by atoms with Crippen LogP contribution in [-0.2, 0) is 12.8 Å². The maximum Gasteiger partial charge on any atom is 0.123 e. The minimum atomic E-state index is -0.194. The fourth-order valence-corrected chi connectivity index (χ4v) is 2.06. The first kappa shape index (κ1) is 12.8. The van der Waals surface area contributed by atoms with Crippen LogP contribution in [0.15, 0.2) is 41.0 Å². The summed E-state index contributed by atoms with van der Waals surface area (Å²) < 4.78 is 18.2. The van der Waals surface area contributed by atoms with Crippen LogP contribution in [0.25, 0.3) is 0 Å². The van der Waals surface area contributed by atoms with Gasteiger partial charge in [-0.1, -0.05) is 6.07 Å². The summed E-state index contributed by atoms with van der Waals surface area (Å²) in [7, 11) is 0. The van der Waals surface area contributed by atoms with E-state index >= 15 is 0 Å². The van der Waals surface area contributed by atoms with Gasteiger partial charge in [-0.3, -0.25) is 0 Å². The first-order valence-electron chi connectivity index (χ1n) is 6.18. The Morgan fingerprint density at radius 3 is 2.83 bits per heavy atom. The molecule has 0 spiro atoms. The Morgan fingerprint density at radius 1 is 1.33 bits per heavy atom. The largest absolute Gasteiger partial charge is 0.469 e. The lowest BCUT2D eigenvalue weighted by Crippen LogP contribution is -2.23. The minimum Gasteiger partial charge on any atom is -0.469 e. The Morgan fingerprint density at radius 2 is 2.17 bits per heavy atom. The zero-order valence-corrected chi connectivity index (χ0v) is 10.5. The molecule has 2 aromatic rings. The SMILES string of the molecule is Cc1cc(F)ccc1CC(N)CCc1ccco1. The zero-order valence-electron chi connectivity index (χ0n) is 10.5. The van der Waals surface area contributed by atoms with E-state index in [-0.39, 0.29) is 11.9 Å². The van der Waals surface area contributed by atoms with E-state index in [2.05, 4.69) is 0 Å². The van der Waals surface area contributed by atoms with Crippen molar-refractivity contribution in [1.29, 1.82) is 0 Å².